The molecule has 1 fully saturated rings. The molecule has 7 heteroatoms. The fourth-order valence-corrected chi connectivity index (χ4v) is 5.09. The molecular weight excluding hydrogens is 288 g/mol. The molecule has 0 saturated carbocycles. The summed E-state index contributed by atoms with van der Waals surface area (Å²) in [7, 11) is -3.47. The number of aryl methyl sites for hydroxylation is 1. The molecule has 1 atom stereocenters. The zero-order valence-electron chi connectivity index (χ0n) is 13.1. The molecule has 0 bridgehead atoms. The van der Waals surface area contributed by atoms with Gasteiger partial charge in [-0.1, -0.05) is 20.3 Å². The first-order chi connectivity index (χ1) is 10.0. The SMILES string of the molecule is CCNCc1n[nH]c(C)c1S(=O)(=O)N1CCCCC1CC. The molecule has 1 aliphatic heterocycles. The molecule has 2 N–H and O–H groups in total. The Morgan fingerprint density at radius 3 is 2.81 bits per heavy atom. The van der Waals surface area contributed by atoms with Gasteiger partial charge in [0.05, 0.1) is 11.4 Å². The summed E-state index contributed by atoms with van der Waals surface area (Å²) in [5.41, 5.74) is 1.22. The van der Waals surface area contributed by atoms with Gasteiger partial charge in [-0.2, -0.15) is 9.40 Å². The van der Waals surface area contributed by atoms with Gasteiger partial charge in [0.2, 0.25) is 10.0 Å². The fourth-order valence-electron chi connectivity index (χ4n) is 2.99. The quantitative estimate of drug-likeness (QED) is 0.839. The molecule has 1 saturated heterocycles. The van der Waals surface area contributed by atoms with Gasteiger partial charge in [-0.05, 0) is 32.7 Å². The largest absolute Gasteiger partial charge is 0.311 e. The maximum atomic E-state index is 13.1. The Morgan fingerprint density at radius 1 is 1.38 bits per heavy atom. The molecular formula is C14H26N4O2S. The number of sulfonamides is 1. The van der Waals surface area contributed by atoms with Crippen LogP contribution in [0.2, 0.25) is 0 Å². The van der Waals surface area contributed by atoms with E-state index in [0.717, 1.165) is 32.2 Å². The van der Waals surface area contributed by atoms with E-state index in [1.807, 2.05) is 6.92 Å². The van der Waals surface area contributed by atoms with Crippen LogP contribution in [-0.4, -0.2) is 42.1 Å². The van der Waals surface area contributed by atoms with Crippen LogP contribution in [0.1, 0.15) is 50.9 Å². The summed E-state index contributed by atoms with van der Waals surface area (Å²) in [4.78, 5) is 0.365. The Bertz CT molecular complexity index is 568. The number of rotatable bonds is 6. The Labute approximate surface area is 127 Å². The van der Waals surface area contributed by atoms with Gasteiger partial charge in [0.25, 0.3) is 0 Å². The van der Waals surface area contributed by atoms with E-state index < -0.39 is 10.0 Å². The lowest BCUT2D eigenvalue weighted by Crippen LogP contribution is -2.43. The molecule has 21 heavy (non-hydrogen) atoms. The molecule has 0 spiro atoms. The number of hydrogen-bond donors (Lipinski definition) is 2. The molecule has 0 aliphatic carbocycles. The van der Waals surface area contributed by atoms with Gasteiger partial charge in [0.1, 0.15) is 4.90 Å². The Balaban J connectivity index is 2.36. The predicted octanol–water partition coefficient (Wildman–Crippen LogP) is 1.78. The second kappa shape index (κ2) is 6.89. The van der Waals surface area contributed by atoms with Crippen molar-refractivity contribution in [3.63, 3.8) is 0 Å². The van der Waals surface area contributed by atoms with Crippen LogP contribution in [0.5, 0.6) is 0 Å². The number of nitrogens with zero attached hydrogens (tertiary/aromatic N) is 2. The van der Waals surface area contributed by atoms with Crippen molar-refractivity contribution in [2.75, 3.05) is 13.1 Å². The van der Waals surface area contributed by atoms with Crippen molar-refractivity contribution in [2.24, 2.45) is 0 Å². The zero-order valence-corrected chi connectivity index (χ0v) is 14.0. The minimum atomic E-state index is -3.47. The van der Waals surface area contributed by atoms with E-state index >= 15 is 0 Å². The zero-order chi connectivity index (χ0) is 15.5. The highest BCUT2D eigenvalue weighted by Gasteiger charge is 2.36. The van der Waals surface area contributed by atoms with Gasteiger partial charge in [-0.25, -0.2) is 8.42 Å². The van der Waals surface area contributed by atoms with Gasteiger partial charge in [-0.15, -0.1) is 0 Å². The van der Waals surface area contributed by atoms with Crippen LogP contribution in [0.25, 0.3) is 0 Å². The van der Waals surface area contributed by atoms with Gasteiger partial charge in [0.15, 0.2) is 0 Å². The fraction of sp³-hybridized carbons (Fsp3) is 0.786. The Kier molecular flexibility index (Phi) is 5.40. The first-order valence-corrected chi connectivity index (χ1v) is 9.22. The molecule has 2 rings (SSSR count). The predicted molar refractivity (Wildman–Crippen MR) is 82.5 cm³/mol. The molecule has 0 aromatic carbocycles. The van der Waals surface area contributed by atoms with Gasteiger partial charge in [-0.3, -0.25) is 5.10 Å². The van der Waals surface area contributed by atoms with Gasteiger partial charge < -0.3 is 5.32 Å². The van der Waals surface area contributed by atoms with Crippen molar-refractivity contribution in [1.82, 2.24) is 19.8 Å². The highest BCUT2D eigenvalue weighted by atomic mass is 32.2. The highest BCUT2D eigenvalue weighted by Crippen LogP contribution is 2.29. The summed E-state index contributed by atoms with van der Waals surface area (Å²) in [6, 6.07) is 0.116. The minimum Gasteiger partial charge on any atom is -0.311 e. The van der Waals surface area contributed by atoms with Crippen molar-refractivity contribution in [1.29, 1.82) is 0 Å². The van der Waals surface area contributed by atoms with E-state index in [9.17, 15) is 8.42 Å². The molecule has 1 aliphatic rings. The van der Waals surface area contributed by atoms with Crippen molar-refractivity contribution in [3.05, 3.63) is 11.4 Å². The first-order valence-electron chi connectivity index (χ1n) is 7.78. The number of aromatic amines is 1. The van der Waals surface area contributed by atoms with Crippen LogP contribution in [0.4, 0.5) is 0 Å². The maximum absolute atomic E-state index is 13.1. The van der Waals surface area contributed by atoms with Crippen LogP contribution in [0.3, 0.4) is 0 Å². The van der Waals surface area contributed by atoms with Crippen LogP contribution < -0.4 is 5.32 Å². The average molecular weight is 314 g/mol. The summed E-state index contributed by atoms with van der Waals surface area (Å²) in [6.07, 6.45) is 3.86. The van der Waals surface area contributed by atoms with E-state index in [1.165, 1.54) is 0 Å². The molecule has 2 heterocycles. The Morgan fingerprint density at radius 2 is 2.14 bits per heavy atom. The minimum absolute atomic E-state index is 0.116. The summed E-state index contributed by atoms with van der Waals surface area (Å²) >= 11 is 0. The summed E-state index contributed by atoms with van der Waals surface area (Å²) in [6.45, 7) is 7.70. The van der Waals surface area contributed by atoms with Crippen molar-refractivity contribution >= 4 is 10.0 Å². The topological polar surface area (TPSA) is 78.1 Å². The van der Waals surface area contributed by atoms with E-state index in [4.69, 9.17) is 0 Å². The second-order valence-corrected chi connectivity index (χ2v) is 7.41. The monoisotopic (exact) mass is 314 g/mol. The molecule has 0 amide bonds. The number of aromatic nitrogens is 2. The lowest BCUT2D eigenvalue weighted by molar-refractivity contribution is 0.246. The standard InChI is InChI=1S/C14H26N4O2S/c1-4-12-8-6-7-9-18(12)21(19,20)14-11(3)16-17-13(14)10-15-5-2/h12,15H,4-10H2,1-3H3,(H,16,17). The number of nitrogens with one attached hydrogen (secondary N) is 2. The molecule has 1 unspecified atom stereocenters. The highest BCUT2D eigenvalue weighted by molar-refractivity contribution is 7.89. The normalized spacial score (nSPS) is 20.8. The van der Waals surface area contributed by atoms with E-state index in [-0.39, 0.29) is 6.04 Å². The summed E-state index contributed by atoms with van der Waals surface area (Å²) < 4.78 is 27.8. The third-order valence-electron chi connectivity index (χ3n) is 4.11. The molecule has 6 nitrogen and oxygen atoms in total. The van der Waals surface area contributed by atoms with Gasteiger partial charge >= 0.3 is 0 Å². The molecule has 0 radical (unpaired) electrons. The Hall–Kier alpha value is -0.920. The molecule has 1 aromatic rings. The van der Waals surface area contributed by atoms with Crippen LogP contribution in [0.15, 0.2) is 4.90 Å². The number of hydrogen-bond acceptors (Lipinski definition) is 4. The van der Waals surface area contributed by atoms with Crippen LogP contribution in [0, 0.1) is 6.92 Å². The van der Waals surface area contributed by atoms with E-state index in [2.05, 4.69) is 22.4 Å². The smallest absolute Gasteiger partial charge is 0.247 e. The van der Waals surface area contributed by atoms with Crippen LogP contribution >= 0.6 is 0 Å². The van der Waals surface area contributed by atoms with Crippen molar-refractivity contribution in [2.45, 2.75) is 63.9 Å². The van der Waals surface area contributed by atoms with E-state index in [1.54, 1.807) is 11.2 Å². The summed E-state index contributed by atoms with van der Waals surface area (Å²) in [5.74, 6) is 0. The van der Waals surface area contributed by atoms with E-state index in [0.29, 0.717) is 29.4 Å². The lowest BCUT2D eigenvalue weighted by Gasteiger charge is -2.34. The molecule has 120 valence electrons. The number of H-pyrrole nitrogens is 1. The third kappa shape index (κ3) is 3.30. The van der Waals surface area contributed by atoms with Crippen molar-refractivity contribution in [3.8, 4) is 0 Å². The lowest BCUT2D eigenvalue weighted by atomic mass is 10.0. The number of piperidine rings is 1. The average Bonchev–Trinajstić information content (AvgIpc) is 2.86. The second-order valence-electron chi connectivity index (χ2n) is 5.58. The third-order valence-corrected chi connectivity index (χ3v) is 6.27. The summed E-state index contributed by atoms with van der Waals surface area (Å²) in [5, 5.41) is 10.2. The van der Waals surface area contributed by atoms with Crippen molar-refractivity contribution < 1.29 is 8.42 Å². The molecule has 1 aromatic heterocycles. The van der Waals surface area contributed by atoms with Crippen LogP contribution in [-0.2, 0) is 16.6 Å². The first kappa shape index (κ1) is 16.5. The van der Waals surface area contributed by atoms with Gasteiger partial charge in [0, 0.05) is 19.1 Å². The maximum Gasteiger partial charge on any atom is 0.247 e.